The number of hydrogen-bond acceptors (Lipinski definition) is 4. The summed E-state index contributed by atoms with van der Waals surface area (Å²) >= 11 is 0. The topological polar surface area (TPSA) is 70.9 Å². The number of fused-ring (bicyclic) bond motifs is 1. The van der Waals surface area contributed by atoms with Gasteiger partial charge in [0.25, 0.3) is 0 Å². The van der Waals surface area contributed by atoms with E-state index in [0.29, 0.717) is 12.4 Å². The Morgan fingerprint density at radius 3 is 2.94 bits per heavy atom. The summed E-state index contributed by atoms with van der Waals surface area (Å²) in [4.78, 5) is 0. The molecule has 2 aromatic heterocycles. The second kappa shape index (κ2) is 3.59. The zero-order valence-corrected chi connectivity index (χ0v) is 9.97. The molecular formula is C11H15N5O. The van der Waals surface area contributed by atoms with Gasteiger partial charge in [-0.3, -0.25) is 4.68 Å². The minimum atomic E-state index is 0.556. The van der Waals surface area contributed by atoms with Gasteiger partial charge in [0, 0.05) is 19.0 Å². The predicted molar refractivity (Wildman–Crippen MR) is 62.8 cm³/mol. The van der Waals surface area contributed by atoms with Crippen molar-refractivity contribution in [2.45, 2.75) is 20.0 Å². The van der Waals surface area contributed by atoms with E-state index in [1.807, 2.05) is 24.9 Å². The maximum absolute atomic E-state index is 5.92. The summed E-state index contributed by atoms with van der Waals surface area (Å²) in [6, 6.07) is 0. The Balaban J connectivity index is 2.18. The summed E-state index contributed by atoms with van der Waals surface area (Å²) in [6.45, 7) is 3.25. The van der Waals surface area contributed by atoms with Crippen molar-refractivity contribution < 1.29 is 4.74 Å². The fraction of sp³-hybridized carbons (Fsp3) is 0.455. The van der Waals surface area contributed by atoms with E-state index < -0.39 is 0 Å². The third-order valence-corrected chi connectivity index (χ3v) is 3.07. The quantitative estimate of drug-likeness (QED) is 0.781. The molecule has 1 aliphatic rings. The first kappa shape index (κ1) is 10.3. The molecule has 90 valence electrons. The van der Waals surface area contributed by atoms with Crippen LogP contribution in [-0.4, -0.2) is 26.2 Å². The lowest BCUT2D eigenvalue weighted by molar-refractivity contribution is 0.110. The molecule has 6 nitrogen and oxygen atoms in total. The van der Waals surface area contributed by atoms with Gasteiger partial charge in [-0.15, -0.1) is 5.10 Å². The van der Waals surface area contributed by atoms with Gasteiger partial charge in [0.15, 0.2) is 5.82 Å². The number of anilines is 1. The predicted octanol–water partition coefficient (Wildman–Crippen LogP) is 0.569. The van der Waals surface area contributed by atoms with Crippen molar-refractivity contribution in [3.05, 3.63) is 23.1 Å². The van der Waals surface area contributed by atoms with Gasteiger partial charge < -0.3 is 10.5 Å². The Bertz CT molecular complexity index is 569. The normalized spacial score (nSPS) is 14.9. The molecule has 0 amide bonds. The van der Waals surface area contributed by atoms with Crippen LogP contribution in [0.1, 0.15) is 17.0 Å². The highest BCUT2D eigenvalue weighted by atomic mass is 16.5. The molecule has 0 atom stereocenters. The number of nitrogen functional groups attached to an aromatic ring is 1. The molecule has 1 aliphatic heterocycles. The molecule has 0 saturated carbocycles. The van der Waals surface area contributed by atoms with Crippen LogP contribution in [0.5, 0.6) is 0 Å². The summed E-state index contributed by atoms with van der Waals surface area (Å²) in [5, 5.41) is 8.73. The van der Waals surface area contributed by atoms with Crippen molar-refractivity contribution in [2.75, 3.05) is 12.3 Å². The van der Waals surface area contributed by atoms with Crippen LogP contribution in [0.3, 0.4) is 0 Å². The Morgan fingerprint density at radius 1 is 1.41 bits per heavy atom. The van der Waals surface area contributed by atoms with Gasteiger partial charge in [-0.1, -0.05) is 0 Å². The number of hydrogen-bond donors (Lipinski definition) is 1. The molecule has 0 unspecified atom stereocenters. The van der Waals surface area contributed by atoms with Crippen LogP contribution in [0.25, 0.3) is 5.69 Å². The first-order valence-corrected chi connectivity index (χ1v) is 5.61. The van der Waals surface area contributed by atoms with Crippen LogP contribution in [0.15, 0.2) is 6.20 Å². The van der Waals surface area contributed by atoms with Crippen LogP contribution in [-0.2, 0) is 24.8 Å². The van der Waals surface area contributed by atoms with E-state index in [1.165, 1.54) is 0 Å². The van der Waals surface area contributed by atoms with E-state index in [1.54, 1.807) is 4.68 Å². The first-order valence-electron chi connectivity index (χ1n) is 5.61. The maximum atomic E-state index is 5.92. The Morgan fingerprint density at radius 2 is 2.24 bits per heavy atom. The summed E-state index contributed by atoms with van der Waals surface area (Å²) in [7, 11) is 1.90. The molecule has 17 heavy (non-hydrogen) atoms. The highest BCUT2D eigenvalue weighted by Crippen LogP contribution is 2.26. The van der Waals surface area contributed by atoms with Gasteiger partial charge in [-0.05, 0) is 6.92 Å². The van der Waals surface area contributed by atoms with E-state index in [4.69, 9.17) is 10.5 Å². The van der Waals surface area contributed by atoms with Crippen LogP contribution in [0.2, 0.25) is 0 Å². The summed E-state index contributed by atoms with van der Waals surface area (Å²) in [5.74, 6) is 0.558. The average molecular weight is 233 g/mol. The minimum absolute atomic E-state index is 0.556. The number of aryl methyl sites for hydroxylation is 2. The van der Waals surface area contributed by atoms with E-state index in [-0.39, 0.29) is 0 Å². The Kier molecular flexibility index (Phi) is 2.19. The molecule has 2 N–H and O–H groups in total. The van der Waals surface area contributed by atoms with E-state index in [0.717, 1.165) is 35.7 Å². The summed E-state index contributed by atoms with van der Waals surface area (Å²) in [6.07, 6.45) is 2.80. The third kappa shape index (κ3) is 1.52. The van der Waals surface area contributed by atoms with Crippen LogP contribution in [0, 0.1) is 6.92 Å². The van der Waals surface area contributed by atoms with E-state index >= 15 is 0 Å². The average Bonchev–Trinajstić information content (AvgIpc) is 2.80. The molecule has 3 rings (SSSR count). The molecular weight excluding hydrogens is 218 g/mol. The smallest absolute Gasteiger partial charge is 0.151 e. The largest absolute Gasteiger partial charge is 0.382 e. The number of nitrogens with zero attached hydrogens (tertiary/aromatic N) is 4. The van der Waals surface area contributed by atoms with Gasteiger partial charge in [-0.2, -0.15) is 5.10 Å². The van der Waals surface area contributed by atoms with E-state index in [2.05, 4.69) is 10.2 Å². The lowest BCUT2D eigenvalue weighted by atomic mass is 10.1. The molecule has 2 aromatic rings. The van der Waals surface area contributed by atoms with Crippen LogP contribution in [0.4, 0.5) is 5.82 Å². The Hall–Kier alpha value is -1.82. The lowest BCUT2D eigenvalue weighted by Gasteiger charge is -2.14. The molecule has 0 fully saturated rings. The van der Waals surface area contributed by atoms with Gasteiger partial charge in [0.05, 0.1) is 30.8 Å². The number of aromatic nitrogens is 4. The molecule has 0 aliphatic carbocycles. The molecule has 0 aromatic carbocycles. The summed E-state index contributed by atoms with van der Waals surface area (Å²) in [5.41, 5.74) is 10.0. The van der Waals surface area contributed by atoms with Gasteiger partial charge in [0.1, 0.15) is 5.69 Å². The van der Waals surface area contributed by atoms with Gasteiger partial charge in [-0.25, -0.2) is 4.68 Å². The van der Waals surface area contributed by atoms with Crippen molar-refractivity contribution >= 4 is 5.82 Å². The molecule has 0 bridgehead atoms. The highest BCUT2D eigenvalue weighted by molar-refractivity contribution is 5.48. The number of nitrogens with two attached hydrogens (primary N) is 1. The second-order valence-electron chi connectivity index (χ2n) is 4.30. The van der Waals surface area contributed by atoms with Gasteiger partial charge >= 0.3 is 0 Å². The lowest BCUT2D eigenvalue weighted by Crippen LogP contribution is -2.13. The number of ether oxygens (including phenoxy) is 1. The maximum Gasteiger partial charge on any atom is 0.151 e. The molecule has 0 saturated heterocycles. The van der Waals surface area contributed by atoms with Crippen molar-refractivity contribution in [2.24, 2.45) is 7.05 Å². The molecule has 0 spiro atoms. The third-order valence-electron chi connectivity index (χ3n) is 3.07. The zero-order valence-electron chi connectivity index (χ0n) is 9.97. The van der Waals surface area contributed by atoms with E-state index in [9.17, 15) is 0 Å². The van der Waals surface area contributed by atoms with Crippen LogP contribution >= 0.6 is 0 Å². The van der Waals surface area contributed by atoms with Crippen molar-refractivity contribution in [3.63, 3.8) is 0 Å². The van der Waals surface area contributed by atoms with Crippen LogP contribution < -0.4 is 5.73 Å². The van der Waals surface area contributed by atoms with Crippen molar-refractivity contribution in [1.82, 2.24) is 19.6 Å². The highest BCUT2D eigenvalue weighted by Gasteiger charge is 2.22. The summed E-state index contributed by atoms with van der Waals surface area (Å²) < 4.78 is 9.09. The SMILES string of the molecule is Cc1nn(C)cc1-n1nc(N)c2c1CCOC2. The van der Waals surface area contributed by atoms with Gasteiger partial charge in [0.2, 0.25) is 0 Å². The minimum Gasteiger partial charge on any atom is -0.382 e. The second-order valence-corrected chi connectivity index (χ2v) is 4.30. The fourth-order valence-corrected chi connectivity index (χ4v) is 2.26. The molecule has 6 heteroatoms. The molecule has 3 heterocycles. The number of rotatable bonds is 1. The van der Waals surface area contributed by atoms with Crippen molar-refractivity contribution in [1.29, 1.82) is 0 Å². The molecule has 0 radical (unpaired) electrons. The first-order chi connectivity index (χ1) is 8.16. The standard InChI is InChI=1S/C11H15N5O/c1-7-10(5-15(2)13-7)16-9-3-4-17-6-8(9)11(12)14-16/h5H,3-4,6H2,1-2H3,(H2,12,14). The fourth-order valence-electron chi connectivity index (χ4n) is 2.26. The zero-order chi connectivity index (χ0) is 12.0. The Labute approximate surface area is 99.0 Å². The monoisotopic (exact) mass is 233 g/mol. The van der Waals surface area contributed by atoms with Crippen molar-refractivity contribution in [3.8, 4) is 5.69 Å².